The lowest BCUT2D eigenvalue weighted by atomic mass is 9.90. The number of hydrogen-bond acceptors (Lipinski definition) is 23. The van der Waals surface area contributed by atoms with Crippen LogP contribution in [0.3, 0.4) is 0 Å². The van der Waals surface area contributed by atoms with Gasteiger partial charge in [0.25, 0.3) is 22.2 Å². The number of piperazine rings is 3. The molecule has 634 valence electrons. The molecule has 31 heteroatoms. The first kappa shape index (κ1) is 82.5. The Kier molecular flexibility index (Phi) is 23.0. The molecule has 0 aliphatic carbocycles. The van der Waals surface area contributed by atoms with Crippen LogP contribution in [0.1, 0.15) is 108 Å². The fourth-order valence-corrected chi connectivity index (χ4v) is 17.8. The minimum Gasteiger partial charge on any atom is -0.395 e. The number of rotatable bonds is 12. The van der Waals surface area contributed by atoms with Crippen LogP contribution in [-0.2, 0) is 13.0 Å². The summed E-state index contributed by atoms with van der Waals surface area (Å²) in [5.74, 6) is 0.494. The van der Waals surface area contributed by atoms with E-state index >= 15 is 0 Å². The van der Waals surface area contributed by atoms with Gasteiger partial charge in [0.15, 0.2) is 0 Å². The number of pyridine rings is 6. The van der Waals surface area contributed by atoms with Crippen molar-refractivity contribution in [3.8, 4) is 45.3 Å². The Morgan fingerprint density at radius 2 is 0.919 bits per heavy atom. The Hall–Kier alpha value is -12.8. The second-order valence-electron chi connectivity index (χ2n) is 33.5. The molecular weight excluding hydrogens is 1550 g/mol. The molecule has 4 fully saturated rings. The average Bonchev–Trinajstić information content (AvgIpc) is 1.72. The van der Waals surface area contributed by atoms with E-state index in [2.05, 4.69) is 124 Å². The maximum absolute atomic E-state index is 13.1. The topological polar surface area (TPSA) is 313 Å². The third kappa shape index (κ3) is 17.1. The first-order valence-corrected chi connectivity index (χ1v) is 42.4. The Bertz CT molecular complexity index is 6990. The molecule has 20 heterocycles. The summed E-state index contributed by atoms with van der Waals surface area (Å²) in [6.45, 7) is 35.4. The van der Waals surface area contributed by atoms with Crippen LogP contribution in [0.25, 0.3) is 90.2 Å². The van der Waals surface area contributed by atoms with Gasteiger partial charge in [0, 0.05) is 174 Å². The third-order valence-electron chi connectivity index (χ3n) is 24.0. The zero-order valence-corrected chi connectivity index (χ0v) is 72.0. The lowest BCUT2D eigenvalue weighted by Crippen LogP contribution is -2.54. The molecule has 16 aromatic rings. The van der Waals surface area contributed by atoms with Crippen molar-refractivity contribution in [3.63, 3.8) is 0 Å². The van der Waals surface area contributed by atoms with Crippen LogP contribution in [0.4, 0.5) is 17.1 Å². The monoisotopic (exact) mass is 1660 g/mol. The van der Waals surface area contributed by atoms with Crippen molar-refractivity contribution >= 4 is 62.0 Å². The number of nitrogens with one attached hydrogen (secondary N) is 2. The summed E-state index contributed by atoms with van der Waals surface area (Å²) in [6, 6.07) is 27.5. The summed E-state index contributed by atoms with van der Waals surface area (Å²) in [6.07, 6.45) is 22.3. The Labute approximate surface area is 709 Å². The van der Waals surface area contributed by atoms with Gasteiger partial charge in [0.2, 0.25) is 0 Å². The number of hydrogen-bond donors (Lipinski definition) is 4. The number of nitrogens with zero attached hydrogens (tertiary/aromatic N) is 23. The number of aryl methyl sites for hydroxylation is 9. The van der Waals surface area contributed by atoms with E-state index in [0.29, 0.717) is 98.6 Å². The second kappa shape index (κ2) is 34.3. The molecule has 0 saturated carbocycles. The number of likely N-dealkylation sites (tertiary alicyclic amines) is 1. The number of aliphatic hydroxyl groups excluding tert-OH is 2. The van der Waals surface area contributed by atoms with E-state index in [1.165, 1.54) is 5.56 Å². The van der Waals surface area contributed by atoms with Gasteiger partial charge in [0.05, 0.1) is 111 Å². The van der Waals surface area contributed by atoms with Crippen LogP contribution in [0, 0.1) is 55.4 Å². The summed E-state index contributed by atoms with van der Waals surface area (Å²) >= 11 is 0. The van der Waals surface area contributed by atoms with Crippen molar-refractivity contribution in [3.05, 3.63) is 250 Å². The molecule has 4 N–H and O–H groups in total. The second-order valence-corrected chi connectivity index (χ2v) is 33.5. The number of fused-ring (bicyclic) bond motifs is 8. The summed E-state index contributed by atoms with van der Waals surface area (Å²) in [5.41, 5.74) is 24.7. The van der Waals surface area contributed by atoms with Gasteiger partial charge in [0.1, 0.15) is 45.3 Å². The molecule has 4 aliphatic heterocycles. The largest absolute Gasteiger partial charge is 0.395 e. The maximum atomic E-state index is 13.1. The van der Waals surface area contributed by atoms with Crippen molar-refractivity contribution in [2.75, 3.05) is 107 Å². The molecule has 4 aliphatic rings. The van der Waals surface area contributed by atoms with Crippen LogP contribution >= 0.6 is 0 Å². The van der Waals surface area contributed by atoms with Crippen LogP contribution in [0.15, 0.2) is 166 Å². The molecule has 4 saturated heterocycles. The molecule has 0 amide bonds. The SMILES string of the molecule is CCc1cc(-c2cc(=O)n3cc(N4C[C@@H](C)N[C@@H](C)C4)ccc3n2)cn2cc(C)nc12.Cc1cn2cc(-c3cc(=O)n4cc(N5CCNCC5)ccc4n3)cc(CO)c2n1.Cc1cn2nc(-c3cc(=O)n4cc(C5CCN(C)CC5)cc(C)c4n3)cc2c(C)n1.Cc1cn2nc(-c3cc(=O)n4cc(N5CCN(CCO)[C@H](C)C5)cc(C)c4n3)cc2c(C)n1. The van der Waals surface area contributed by atoms with Gasteiger partial charge in [-0.1, -0.05) is 13.0 Å². The van der Waals surface area contributed by atoms with Crippen LogP contribution in [0.2, 0.25) is 0 Å². The quantitative estimate of drug-likeness (QED) is 0.0885. The van der Waals surface area contributed by atoms with Crippen LogP contribution in [0.5, 0.6) is 0 Å². The highest BCUT2D eigenvalue weighted by Crippen LogP contribution is 2.32. The number of anilines is 3. The first-order chi connectivity index (χ1) is 59.2. The van der Waals surface area contributed by atoms with E-state index in [4.69, 9.17) is 19.9 Å². The smallest absolute Gasteiger partial charge is 0.258 e. The number of aliphatic hydroxyl groups is 2. The Balaban J connectivity index is 0.000000116. The van der Waals surface area contributed by atoms with Gasteiger partial charge >= 0.3 is 0 Å². The lowest BCUT2D eigenvalue weighted by molar-refractivity contribution is 0.146. The summed E-state index contributed by atoms with van der Waals surface area (Å²) < 4.78 is 14.1. The minimum absolute atomic E-state index is 0.0713. The molecule has 20 rings (SSSR count). The average molecular weight is 1660 g/mol. The first-order valence-electron chi connectivity index (χ1n) is 42.4. The van der Waals surface area contributed by atoms with Gasteiger partial charge < -0.3 is 49.2 Å². The molecule has 0 aromatic carbocycles. The predicted octanol–water partition coefficient (Wildman–Crippen LogP) is 9.26. The van der Waals surface area contributed by atoms with Gasteiger partial charge in [-0.15, -0.1) is 0 Å². The molecule has 123 heavy (non-hydrogen) atoms. The fourth-order valence-electron chi connectivity index (χ4n) is 17.8. The molecule has 0 radical (unpaired) electrons. The molecule has 0 spiro atoms. The van der Waals surface area contributed by atoms with Crippen LogP contribution < -0.4 is 47.6 Å². The number of imidazole rings is 2. The van der Waals surface area contributed by atoms with Gasteiger partial charge in [-0.2, -0.15) is 10.2 Å². The molecule has 0 unspecified atom stereocenters. The third-order valence-corrected chi connectivity index (χ3v) is 24.0. The number of piperidine rings is 1. The maximum Gasteiger partial charge on any atom is 0.258 e. The normalized spacial score (nSPS) is 16.9. The lowest BCUT2D eigenvalue weighted by Gasteiger charge is -2.40. The van der Waals surface area contributed by atoms with Gasteiger partial charge in [-0.05, 0) is 198 Å². The highest BCUT2D eigenvalue weighted by molar-refractivity contribution is 5.72. The summed E-state index contributed by atoms with van der Waals surface area (Å²) in [4.78, 5) is 101. The fraction of sp³-hybridized carbons (Fsp3) is 0.370. The van der Waals surface area contributed by atoms with Crippen molar-refractivity contribution in [2.45, 2.75) is 133 Å². The minimum atomic E-state index is -0.131. The summed E-state index contributed by atoms with van der Waals surface area (Å²) in [7, 11) is 2.16. The standard InChI is InChI=1S/C24H29N7O2.C24H28N6O.C23H26N6O.C21H22N6O2/c1-15-9-19(29-6-5-28(7-8-32)17(3)13-29)14-30-23(33)11-20(26-24(15)30)21-10-22-18(4)25-16(2)12-31(22)27-21;1-5-18-8-19(13-29-12-17(4)26-24(18)29)21-9-23(31)30-14-20(6-7-22(30)27-21)28-10-15(2)25-16(3)11-28;1-14-9-18(17-5-7-27(4)8-6-17)13-28-22(30)11-19(25-23(14)28)20-10-21-16(3)24-15(2)12-29(21)26-20;1-14-10-26-11-15(8-16(13-28)21(26)23-14)18-9-20(29)27-12-17(2-3-19(27)24-18)25-6-4-22-5-7-25/h9-12,14,17,32H,5-8,13H2,1-4H3;6-9,12-16,25H,5,10-11H2,1-4H3;9-13,17H,5-8H2,1-4H3;2-3,8-12,22,28H,4-7,13H2,1H3/t17-;15-,16+;;/m1.../s1. The number of aromatic nitrogens is 18. The highest BCUT2D eigenvalue weighted by atomic mass is 16.3. The van der Waals surface area contributed by atoms with Crippen molar-refractivity contribution < 1.29 is 10.2 Å². The molecule has 0 bridgehead atoms. The Morgan fingerprint density at radius 3 is 1.45 bits per heavy atom. The van der Waals surface area contributed by atoms with Crippen molar-refractivity contribution in [2.24, 2.45) is 0 Å². The van der Waals surface area contributed by atoms with Crippen molar-refractivity contribution in [1.82, 2.24) is 106 Å². The summed E-state index contributed by atoms with van der Waals surface area (Å²) in [5, 5.41) is 35.2. The van der Waals surface area contributed by atoms with E-state index in [9.17, 15) is 29.4 Å². The van der Waals surface area contributed by atoms with E-state index in [1.54, 1.807) is 46.4 Å². The molecule has 16 aromatic heterocycles. The van der Waals surface area contributed by atoms with Gasteiger partial charge in [-0.3, -0.25) is 51.6 Å². The molecule has 31 nitrogen and oxygen atoms in total. The van der Waals surface area contributed by atoms with Crippen LogP contribution in [-0.4, -0.2) is 216 Å². The zero-order chi connectivity index (χ0) is 85.9. The number of β-amino-alcohol motifs (C(OH)–C–C–N with tert-alkyl or cyclic N) is 1. The molecule has 3 atom stereocenters. The predicted molar refractivity (Wildman–Crippen MR) is 481 cm³/mol. The highest BCUT2D eigenvalue weighted by Gasteiger charge is 2.28. The van der Waals surface area contributed by atoms with E-state index in [-0.39, 0.29) is 35.5 Å². The molecular formula is C92H105N25O6. The Morgan fingerprint density at radius 1 is 0.431 bits per heavy atom. The van der Waals surface area contributed by atoms with E-state index in [0.717, 1.165) is 187 Å². The van der Waals surface area contributed by atoms with Gasteiger partial charge in [-0.25, -0.2) is 38.9 Å². The van der Waals surface area contributed by atoms with Crippen molar-refractivity contribution in [1.29, 1.82) is 0 Å². The van der Waals surface area contributed by atoms with E-state index in [1.807, 2.05) is 167 Å². The zero-order valence-electron chi connectivity index (χ0n) is 72.0. The van der Waals surface area contributed by atoms with E-state index < -0.39 is 0 Å².